The molecule has 1 aliphatic rings. The summed E-state index contributed by atoms with van der Waals surface area (Å²) in [7, 11) is 0. The number of carbonyl (C=O) groups is 1. The Morgan fingerprint density at radius 3 is 2.66 bits per heavy atom. The Morgan fingerprint density at radius 2 is 1.93 bits per heavy atom. The molecule has 1 N–H and O–H groups in total. The molecular formula is C21H20F3N3OS. The number of anilines is 1. The van der Waals surface area contributed by atoms with Gasteiger partial charge in [0.15, 0.2) is 0 Å². The molecule has 0 atom stereocenters. The van der Waals surface area contributed by atoms with E-state index in [4.69, 9.17) is 0 Å². The molecule has 1 heterocycles. The zero-order valence-corrected chi connectivity index (χ0v) is 16.5. The average Bonchev–Trinajstić information content (AvgIpc) is 2.66. The number of fused-ring (bicyclic) bond motifs is 1. The summed E-state index contributed by atoms with van der Waals surface area (Å²) in [5, 5.41) is 12.4. The van der Waals surface area contributed by atoms with Gasteiger partial charge in [-0.05, 0) is 55.5 Å². The Kier molecular flexibility index (Phi) is 6.80. The maximum Gasteiger partial charge on any atom is 0.416 e. The van der Waals surface area contributed by atoms with Crippen LogP contribution in [0.1, 0.15) is 48.1 Å². The molecule has 1 amide bonds. The second-order valence-corrected chi connectivity index (χ2v) is 7.85. The van der Waals surface area contributed by atoms with E-state index in [1.165, 1.54) is 18.6 Å². The minimum Gasteiger partial charge on any atom is -0.325 e. The molecule has 0 spiro atoms. The number of benzene rings is 1. The Bertz CT molecular complexity index is 938. The number of carbonyl (C=O) groups excluding carboxylic acids is 1. The number of aryl methyl sites for hydroxylation is 2. The fourth-order valence-corrected chi connectivity index (χ4v) is 4.04. The molecule has 0 bridgehead atoms. The Morgan fingerprint density at radius 1 is 1.17 bits per heavy atom. The predicted octanol–water partition coefficient (Wildman–Crippen LogP) is 5.36. The lowest BCUT2D eigenvalue weighted by atomic mass is 9.96. The molecule has 0 aliphatic heterocycles. The maximum absolute atomic E-state index is 12.8. The smallest absolute Gasteiger partial charge is 0.325 e. The van der Waals surface area contributed by atoms with Gasteiger partial charge >= 0.3 is 6.18 Å². The second kappa shape index (κ2) is 9.31. The highest BCUT2D eigenvalue weighted by Gasteiger charge is 2.30. The van der Waals surface area contributed by atoms with Gasteiger partial charge in [-0.1, -0.05) is 30.7 Å². The van der Waals surface area contributed by atoms with E-state index in [1.807, 2.05) is 6.07 Å². The molecule has 0 radical (unpaired) electrons. The summed E-state index contributed by atoms with van der Waals surface area (Å²) in [6.07, 6.45) is 1.73. The van der Waals surface area contributed by atoms with Crippen LogP contribution in [0.25, 0.3) is 0 Å². The van der Waals surface area contributed by atoms with Crippen molar-refractivity contribution >= 4 is 23.4 Å². The van der Waals surface area contributed by atoms with Gasteiger partial charge in [0.1, 0.15) is 11.1 Å². The highest BCUT2D eigenvalue weighted by Crippen LogP contribution is 2.31. The van der Waals surface area contributed by atoms with Crippen LogP contribution in [0.5, 0.6) is 0 Å². The molecule has 2 aromatic rings. The van der Waals surface area contributed by atoms with E-state index >= 15 is 0 Å². The van der Waals surface area contributed by atoms with E-state index in [-0.39, 0.29) is 11.4 Å². The molecule has 1 aromatic heterocycles. The van der Waals surface area contributed by atoms with E-state index in [1.54, 1.807) is 0 Å². The van der Waals surface area contributed by atoms with Crippen molar-refractivity contribution in [1.82, 2.24) is 4.98 Å². The van der Waals surface area contributed by atoms with Gasteiger partial charge in [-0.3, -0.25) is 4.79 Å². The van der Waals surface area contributed by atoms with Crippen molar-refractivity contribution in [2.24, 2.45) is 0 Å². The molecule has 8 heteroatoms. The summed E-state index contributed by atoms with van der Waals surface area (Å²) >= 11 is 1.13. The minimum atomic E-state index is -4.47. The number of nitriles is 1. The molecule has 0 unspecified atom stereocenters. The zero-order chi connectivity index (χ0) is 20.9. The predicted molar refractivity (Wildman–Crippen MR) is 106 cm³/mol. The highest BCUT2D eigenvalue weighted by molar-refractivity contribution is 8.00. The van der Waals surface area contributed by atoms with Crippen molar-refractivity contribution in [2.75, 3.05) is 11.1 Å². The molecule has 1 aromatic carbocycles. The molecule has 29 heavy (non-hydrogen) atoms. The number of hydrogen-bond acceptors (Lipinski definition) is 4. The molecule has 4 nitrogen and oxygen atoms in total. The van der Waals surface area contributed by atoms with Crippen molar-refractivity contribution in [2.45, 2.75) is 49.7 Å². The van der Waals surface area contributed by atoms with Crippen LogP contribution < -0.4 is 5.32 Å². The summed E-state index contributed by atoms with van der Waals surface area (Å²) in [6, 6.07) is 8.50. The normalized spacial score (nSPS) is 14.3. The summed E-state index contributed by atoms with van der Waals surface area (Å²) < 4.78 is 38.4. The first kappa shape index (κ1) is 21.2. The number of rotatable bonds is 4. The summed E-state index contributed by atoms with van der Waals surface area (Å²) in [6.45, 7) is 0. The van der Waals surface area contributed by atoms with Crippen LogP contribution in [0.15, 0.2) is 35.4 Å². The SMILES string of the molecule is N#Cc1cc2c(nc1SCC(=O)Nc1cccc(C(F)(F)F)c1)CCCCCC2. The Balaban J connectivity index is 1.68. The van der Waals surface area contributed by atoms with Crippen LogP contribution in [-0.4, -0.2) is 16.6 Å². The Labute approximate surface area is 171 Å². The van der Waals surface area contributed by atoms with Gasteiger partial charge in [-0.25, -0.2) is 4.98 Å². The van der Waals surface area contributed by atoms with E-state index in [0.717, 1.165) is 67.3 Å². The number of nitrogens with one attached hydrogen (secondary N) is 1. The van der Waals surface area contributed by atoms with Gasteiger partial charge in [0.2, 0.25) is 5.91 Å². The summed E-state index contributed by atoms with van der Waals surface area (Å²) in [5.74, 6) is -0.497. The monoisotopic (exact) mass is 419 g/mol. The van der Waals surface area contributed by atoms with Crippen molar-refractivity contribution in [1.29, 1.82) is 5.26 Å². The number of amides is 1. The van der Waals surface area contributed by atoms with Crippen molar-refractivity contribution in [3.63, 3.8) is 0 Å². The zero-order valence-electron chi connectivity index (χ0n) is 15.7. The van der Waals surface area contributed by atoms with Crippen molar-refractivity contribution < 1.29 is 18.0 Å². The number of alkyl halides is 3. The first-order chi connectivity index (χ1) is 13.9. The lowest BCUT2D eigenvalue weighted by Gasteiger charge is -2.15. The lowest BCUT2D eigenvalue weighted by Crippen LogP contribution is -2.15. The topological polar surface area (TPSA) is 65.8 Å². The van der Waals surface area contributed by atoms with Crippen LogP contribution >= 0.6 is 11.8 Å². The number of thioether (sulfide) groups is 1. The van der Waals surface area contributed by atoms with Crippen molar-refractivity contribution in [3.8, 4) is 6.07 Å². The third-order valence-electron chi connectivity index (χ3n) is 4.70. The third kappa shape index (κ3) is 5.73. The Hall–Kier alpha value is -2.53. The number of nitrogens with zero attached hydrogens (tertiary/aromatic N) is 2. The number of aromatic nitrogens is 1. The number of hydrogen-bond donors (Lipinski definition) is 1. The van der Waals surface area contributed by atoms with Crippen LogP contribution in [-0.2, 0) is 23.8 Å². The average molecular weight is 419 g/mol. The summed E-state index contributed by atoms with van der Waals surface area (Å²) in [5.41, 5.74) is 1.76. The van der Waals surface area contributed by atoms with Gasteiger partial charge in [0, 0.05) is 11.4 Å². The fourth-order valence-electron chi connectivity index (χ4n) is 3.26. The first-order valence-corrected chi connectivity index (χ1v) is 10.4. The van der Waals surface area contributed by atoms with Crippen LogP contribution in [0.3, 0.4) is 0 Å². The van der Waals surface area contributed by atoms with Crippen LogP contribution in [0.4, 0.5) is 18.9 Å². The molecule has 1 aliphatic carbocycles. The second-order valence-electron chi connectivity index (χ2n) is 6.89. The lowest BCUT2D eigenvalue weighted by molar-refractivity contribution is -0.137. The van der Waals surface area contributed by atoms with Crippen molar-refractivity contribution in [3.05, 3.63) is 52.7 Å². The van der Waals surface area contributed by atoms with E-state index in [0.29, 0.717) is 10.6 Å². The van der Waals surface area contributed by atoms with Gasteiger partial charge in [0.05, 0.1) is 16.9 Å². The number of halogens is 3. The largest absolute Gasteiger partial charge is 0.416 e. The highest BCUT2D eigenvalue weighted by atomic mass is 32.2. The molecule has 0 saturated heterocycles. The molecule has 3 rings (SSSR count). The van der Waals surface area contributed by atoms with E-state index in [2.05, 4.69) is 16.4 Å². The van der Waals surface area contributed by atoms with Crippen LogP contribution in [0, 0.1) is 11.3 Å². The number of pyridine rings is 1. The molecule has 0 saturated carbocycles. The quantitative estimate of drug-likeness (QED) is 0.678. The van der Waals surface area contributed by atoms with Gasteiger partial charge in [0.25, 0.3) is 0 Å². The standard InChI is InChI=1S/C21H20F3N3OS/c22-21(23,24)16-7-5-8-17(11-16)26-19(28)13-29-20-15(12-25)10-14-6-3-1-2-4-9-18(14)27-20/h5,7-8,10-11H,1-4,6,9,13H2,(H,26,28). The van der Waals surface area contributed by atoms with Crippen LogP contribution in [0.2, 0.25) is 0 Å². The minimum absolute atomic E-state index is 0.0449. The van der Waals surface area contributed by atoms with Gasteiger partial charge in [-0.15, -0.1) is 0 Å². The fraction of sp³-hybridized carbons (Fsp3) is 0.381. The molecule has 0 fully saturated rings. The van der Waals surface area contributed by atoms with Gasteiger partial charge in [-0.2, -0.15) is 18.4 Å². The summed E-state index contributed by atoms with van der Waals surface area (Å²) in [4.78, 5) is 16.8. The maximum atomic E-state index is 12.8. The third-order valence-corrected chi connectivity index (χ3v) is 5.69. The molecule has 152 valence electrons. The molecular weight excluding hydrogens is 399 g/mol. The van der Waals surface area contributed by atoms with E-state index in [9.17, 15) is 23.2 Å². The first-order valence-electron chi connectivity index (χ1n) is 9.39. The van der Waals surface area contributed by atoms with Gasteiger partial charge < -0.3 is 5.32 Å². The van der Waals surface area contributed by atoms with E-state index < -0.39 is 17.6 Å².